The van der Waals surface area contributed by atoms with Gasteiger partial charge in [0.1, 0.15) is 12.1 Å². The highest BCUT2D eigenvalue weighted by Gasteiger charge is 2.04. The van der Waals surface area contributed by atoms with Crippen molar-refractivity contribution in [3.63, 3.8) is 0 Å². The van der Waals surface area contributed by atoms with E-state index in [0.29, 0.717) is 12.1 Å². The lowest BCUT2D eigenvalue weighted by Gasteiger charge is -2.03. The van der Waals surface area contributed by atoms with Gasteiger partial charge in [0.2, 0.25) is 0 Å². The Balaban J connectivity index is 2.20. The predicted octanol–water partition coefficient (Wildman–Crippen LogP) is 0.831. The van der Waals surface area contributed by atoms with Crippen molar-refractivity contribution < 1.29 is 4.79 Å². The quantitative estimate of drug-likeness (QED) is 0.825. The molecule has 5 nitrogen and oxygen atoms in total. The van der Waals surface area contributed by atoms with Gasteiger partial charge in [-0.25, -0.2) is 9.97 Å². The molecular weight excluding hydrogens is 204 g/mol. The summed E-state index contributed by atoms with van der Waals surface area (Å²) in [6, 6.07) is 3.48. The van der Waals surface area contributed by atoms with Crippen LogP contribution in [0.1, 0.15) is 10.4 Å². The number of nitrogens with zero attached hydrogens (tertiary/aromatic N) is 3. The number of imidazole rings is 1. The van der Waals surface area contributed by atoms with Crippen LogP contribution in [0.25, 0.3) is 5.82 Å². The molecule has 0 unspecified atom stereocenters. The van der Waals surface area contributed by atoms with E-state index < -0.39 is 0 Å². The van der Waals surface area contributed by atoms with Crippen molar-refractivity contribution in [1.29, 1.82) is 0 Å². The molecule has 5 heteroatoms. The summed E-state index contributed by atoms with van der Waals surface area (Å²) in [4.78, 5) is 19.5. The minimum Gasteiger partial charge on any atom is -0.352 e. The van der Waals surface area contributed by atoms with Crippen molar-refractivity contribution in [3.05, 3.63) is 49.5 Å². The van der Waals surface area contributed by atoms with Gasteiger partial charge < -0.3 is 5.32 Å². The summed E-state index contributed by atoms with van der Waals surface area (Å²) in [5.41, 5.74) is 0.521. The molecule has 0 fully saturated rings. The normalized spacial score (nSPS) is 10.1. The van der Waals surface area contributed by atoms with Gasteiger partial charge in [-0.05, 0) is 19.1 Å². The number of aromatic nitrogens is 3. The molecule has 0 saturated carbocycles. The molecule has 0 aliphatic rings. The molecule has 1 amide bonds. The molecule has 1 radical (unpaired) electrons. The summed E-state index contributed by atoms with van der Waals surface area (Å²) < 4.78 is 1.77. The van der Waals surface area contributed by atoms with Crippen LogP contribution in [-0.4, -0.2) is 27.0 Å². The number of carbonyl (C=O) groups is 1. The van der Waals surface area contributed by atoms with E-state index in [1.54, 1.807) is 35.4 Å². The molecule has 1 N–H and O–H groups in total. The first-order valence-electron chi connectivity index (χ1n) is 4.83. The zero-order valence-corrected chi connectivity index (χ0v) is 8.63. The van der Waals surface area contributed by atoms with Gasteiger partial charge in [0, 0.05) is 25.1 Å². The summed E-state index contributed by atoms with van der Waals surface area (Å²) in [5.74, 6) is 0.559. The van der Waals surface area contributed by atoms with Gasteiger partial charge in [-0.3, -0.25) is 9.36 Å². The van der Waals surface area contributed by atoms with E-state index in [9.17, 15) is 4.79 Å². The molecular formula is C11H11N4O. The molecule has 0 spiro atoms. The minimum atomic E-state index is -0.167. The van der Waals surface area contributed by atoms with Crippen LogP contribution in [0.3, 0.4) is 0 Å². The Kier molecular flexibility index (Phi) is 2.95. The fourth-order valence-corrected chi connectivity index (χ4v) is 1.28. The van der Waals surface area contributed by atoms with Gasteiger partial charge >= 0.3 is 0 Å². The molecule has 0 aromatic carbocycles. The molecule has 2 aromatic heterocycles. The third kappa shape index (κ3) is 2.08. The lowest BCUT2D eigenvalue weighted by molar-refractivity contribution is 0.0957. The van der Waals surface area contributed by atoms with Gasteiger partial charge in [0.15, 0.2) is 0 Å². The molecule has 2 aromatic rings. The maximum atomic E-state index is 11.4. The van der Waals surface area contributed by atoms with Crippen molar-refractivity contribution in [2.24, 2.45) is 0 Å². The van der Waals surface area contributed by atoms with Crippen molar-refractivity contribution >= 4 is 5.91 Å². The van der Waals surface area contributed by atoms with Crippen LogP contribution < -0.4 is 5.32 Å². The molecule has 16 heavy (non-hydrogen) atoms. The Morgan fingerprint density at radius 1 is 1.50 bits per heavy atom. The van der Waals surface area contributed by atoms with E-state index in [4.69, 9.17) is 0 Å². The molecule has 2 heterocycles. The number of nitrogens with one attached hydrogen (secondary N) is 1. The Morgan fingerprint density at radius 3 is 2.94 bits per heavy atom. The first kappa shape index (κ1) is 10.4. The van der Waals surface area contributed by atoms with Crippen LogP contribution in [0.5, 0.6) is 0 Å². The zero-order valence-electron chi connectivity index (χ0n) is 8.63. The summed E-state index contributed by atoms with van der Waals surface area (Å²) in [5, 5.41) is 2.61. The highest BCUT2D eigenvalue weighted by molar-refractivity contribution is 5.93. The minimum absolute atomic E-state index is 0.167. The van der Waals surface area contributed by atoms with E-state index in [-0.39, 0.29) is 5.91 Å². The zero-order chi connectivity index (χ0) is 11.4. The van der Waals surface area contributed by atoms with Crippen molar-refractivity contribution in [2.75, 3.05) is 6.54 Å². The van der Waals surface area contributed by atoms with Gasteiger partial charge in [-0.2, -0.15) is 0 Å². The SMILES string of the molecule is [CH2]CNC(=O)c1ccc(-n2ccnc2)nc1. The number of amides is 1. The largest absolute Gasteiger partial charge is 0.352 e. The van der Waals surface area contributed by atoms with Gasteiger partial charge in [-0.15, -0.1) is 0 Å². The second kappa shape index (κ2) is 4.57. The maximum Gasteiger partial charge on any atom is 0.252 e. The Hall–Kier alpha value is -2.17. The summed E-state index contributed by atoms with van der Waals surface area (Å²) in [7, 11) is 0. The van der Waals surface area contributed by atoms with Crippen LogP contribution in [0.15, 0.2) is 37.1 Å². The highest BCUT2D eigenvalue weighted by atomic mass is 16.1. The van der Waals surface area contributed by atoms with Crippen LogP contribution in [0.4, 0.5) is 0 Å². The molecule has 0 aliphatic heterocycles. The second-order valence-electron chi connectivity index (χ2n) is 3.13. The van der Waals surface area contributed by atoms with E-state index in [2.05, 4.69) is 22.2 Å². The summed E-state index contributed by atoms with van der Waals surface area (Å²) in [6.07, 6.45) is 6.64. The molecule has 0 atom stereocenters. The lowest BCUT2D eigenvalue weighted by Crippen LogP contribution is -2.22. The first-order valence-corrected chi connectivity index (χ1v) is 4.83. The fourth-order valence-electron chi connectivity index (χ4n) is 1.28. The number of carbonyl (C=O) groups excluding carboxylic acids is 1. The second-order valence-corrected chi connectivity index (χ2v) is 3.13. The van der Waals surface area contributed by atoms with Gasteiger partial charge in [0.05, 0.1) is 5.56 Å². The summed E-state index contributed by atoms with van der Waals surface area (Å²) >= 11 is 0. The molecule has 0 saturated heterocycles. The van der Waals surface area contributed by atoms with Crippen LogP contribution >= 0.6 is 0 Å². The fraction of sp³-hybridized carbons (Fsp3) is 0.0909. The Labute approximate surface area is 93.2 Å². The van der Waals surface area contributed by atoms with Crippen LogP contribution in [-0.2, 0) is 0 Å². The Morgan fingerprint density at radius 2 is 2.38 bits per heavy atom. The number of hydrogen-bond donors (Lipinski definition) is 1. The van der Waals surface area contributed by atoms with Crippen molar-refractivity contribution in [2.45, 2.75) is 0 Å². The Bertz CT molecular complexity index is 461. The van der Waals surface area contributed by atoms with Gasteiger partial charge in [-0.1, -0.05) is 0 Å². The number of rotatable bonds is 3. The van der Waals surface area contributed by atoms with E-state index in [0.717, 1.165) is 5.82 Å². The maximum absolute atomic E-state index is 11.4. The molecule has 2 rings (SSSR count). The third-order valence-corrected chi connectivity index (χ3v) is 2.06. The predicted molar refractivity (Wildman–Crippen MR) is 59.0 cm³/mol. The number of hydrogen-bond acceptors (Lipinski definition) is 3. The standard InChI is InChI=1S/C11H11N4O/c1-2-13-11(16)9-3-4-10(14-7-9)15-6-5-12-8-15/h3-8H,1-2H2,(H,13,16). The van der Waals surface area contributed by atoms with Gasteiger partial charge in [0.25, 0.3) is 5.91 Å². The molecule has 0 aliphatic carbocycles. The lowest BCUT2D eigenvalue weighted by atomic mass is 10.2. The smallest absolute Gasteiger partial charge is 0.252 e. The van der Waals surface area contributed by atoms with E-state index in [1.807, 2.05) is 0 Å². The van der Waals surface area contributed by atoms with Crippen molar-refractivity contribution in [1.82, 2.24) is 19.9 Å². The molecule has 0 bridgehead atoms. The number of pyridine rings is 1. The van der Waals surface area contributed by atoms with E-state index in [1.165, 1.54) is 6.20 Å². The average Bonchev–Trinajstić information content (AvgIpc) is 2.83. The molecule has 81 valence electrons. The third-order valence-electron chi connectivity index (χ3n) is 2.06. The van der Waals surface area contributed by atoms with Crippen molar-refractivity contribution in [3.8, 4) is 5.82 Å². The average molecular weight is 215 g/mol. The van der Waals surface area contributed by atoms with Crippen LogP contribution in [0.2, 0.25) is 0 Å². The highest BCUT2D eigenvalue weighted by Crippen LogP contribution is 2.05. The topological polar surface area (TPSA) is 59.8 Å². The first-order chi connectivity index (χ1) is 7.81. The monoisotopic (exact) mass is 215 g/mol. The van der Waals surface area contributed by atoms with E-state index >= 15 is 0 Å². The summed E-state index contributed by atoms with van der Waals surface area (Å²) in [6.45, 7) is 3.91. The van der Waals surface area contributed by atoms with Crippen LogP contribution in [0, 0.1) is 6.92 Å².